The first kappa shape index (κ1) is 11.9. The lowest BCUT2D eigenvalue weighted by atomic mass is 10.1. The standard InChI is InChI=1S/C10H17NO2/c1-6-7-8(2)9(3)10(12)11(4)13-5/h6-7H,1-5H3/b7-6-,9-8+. The van der Waals surface area contributed by atoms with Crippen molar-refractivity contribution in [3.8, 4) is 0 Å². The highest BCUT2D eigenvalue weighted by Gasteiger charge is 2.11. The van der Waals surface area contributed by atoms with E-state index in [9.17, 15) is 4.79 Å². The molecule has 0 saturated carbocycles. The molecule has 0 radical (unpaired) electrons. The van der Waals surface area contributed by atoms with Crippen molar-refractivity contribution in [2.45, 2.75) is 20.8 Å². The summed E-state index contributed by atoms with van der Waals surface area (Å²) in [6.07, 6.45) is 3.80. The molecule has 0 saturated heterocycles. The van der Waals surface area contributed by atoms with E-state index in [1.807, 2.05) is 26.0 Å². The number of hydroxylamine groups is 2. The number of hydrogen-bond acceptors (Lipinski definition) is 2. The number of rotatable bonds is 3. The fourth-order valence-corrected chi connectivity index (χ4v) is 0.863. The van der Waals surface area contributed by atoms with E-state index in [4.69, 9.17) is 4.84 Å². The van der Waals surface area contributed by atoms with Crippen LogP contribution in [0.5, 0.6) is 0 Å². The van der Waals surface area contributed by atoms with Gasteiger partial charge in [0.1, 0.15) is 0 Å². The Morgan fingerprint density at radius 3 is 2.31 bits per heavy atom. The van der Waals surface area contributed by atoms with Gasteiger partial charge in [-0.2, -0.15) is 0 Å². The first-order valence-electron chi connectivity index (χ1n) is 4.17. The van der Waals surface area contributed by atoms with Gasteiger partial charge in [0.15, 0.2) is 0 Å². The Balaban J connectivity index is 4.67. The van der Waals surface area contributed by atoms with Gasteiger partial charge >= 0.3 is 0 Å². The third-order valence-corrected chi connectivity index (χ3v) is 1.89. The molecule has 13 heavy (non-hydrogen) atoms. The Morgan fingerprint density at radius 1 is 1.38 bits per heavy atom. The number of allylic oxidation sites excluding steroid dienone is 3. The fraction of sp³-hybridized carbons (Fsp3) is 0.500. The van der Waals surface area contributed by atoms with Crippen molar-refractivity contribution in [3.63, 3.8) is 0 Å². The SMILES string of the molecule is C/C=C\C(C)=C(/C)C(=O)N(C)OC. The van der Waals surface area contributed by atoms with Crippen molar-refractivity contribution in [1.82, 2.24) is 5.06 Å². The lowest BCUT2D eigenvalue weighted by Gasteiger charge is -2.14. The Labute approximate surface area is 79.6 Å². The quantitative estimate of drug-likeness (QED) is 0.380. The minimum absolute atomic E-state index is 0.113. The van der Waals surface area contributed by atoms with E-state index in [1.54, 1.807) is 14.0 Å². The van der Waals surface area contributed by atoms with Crippen molar-refractivity contribution in [2.75, 3.05) is 14.2 Å². The highest BCUT2D eigenvalue weighted by molar-refractivity contribution is 5.93. The van der Waals surface area contributed by atoms with E-state index in [1.165, 1.54) is 12.2 Å². The molecule has 0 fully saturated rings. The molecule has 0 heterocycles. The highest BCUT2D eigenvalue weighted by Crippen LogP contribution is 2.07. The molecule has 0 aromatic carbocycles. The van der Waals surface area contributed by atoms with E-state index >= 15 is 0 Å². The predicted molar refractivity (Wildman–Crippen MR) is 53.0 cm³/mol. The summed E-state index contributed by atoms with van der Waals surface area (Å²) in [7, 11) is 3.06. The normalized spacial score (nSPS) is 13.0. The van der Waals surface area contributed by atoms with Crippen LogP contribution >= 0.6 is 0 Å². The van der Waals surface area contributed by atoms with Gasteiger partial charge in [0.05, 0.1) is 7.11 Å². The second kappa shape index (κ2) is 5.54. The van der Waals surface area contributed by atoms with Crippen molar-refractivity contribution >= 4 is 5.91 Å². The van der Waals surface area contributed by atoms with E-state index < -0.39 is 0 Å². The summed E-state index contributed by atoms with van der Waals surface area (Å²) < 4.78 is 0. The number of hydrogen-bond donors (Lipinski definition) is 0. The molecule has 0 spiro atoms. The second-order valence-electron chi connectivity index (χ2n) is 2.79. The molecule has 0 N–H and O–H groups in total. The van der Waals surface area contributed by atoms with E-state index in [-0.39, 0.29) is 5.91 Å². The van der Waals surface area contributed by atoms with E-state index in [0.29, 0.717) is 5.57 Å². The Bertz CT molecular complexity index is 241. The predicted octanol–water partition coefficient (Wildman–Crippen LogP) is 1.92. The van der Waals surface area contributed by atoms with Gasteiger partial charge in [-0.05, 0) is 26.3 Å². The summed E-state index contributed by atoms with van der Waals surface area (Å²) >= 11 is 0. The summed E-state index contributed by atoms with van der Waals surface area (Å²) in [5.41, 5.74) is 1.65. The maximum absolute atomic E-state index is 11.5. The summed E-state index contributed by atoms with van der Waals surface area (Å²) in [6, 6.07) is 0. The summed E-state index contributed by atoms with van der Waals surface area (Å²) in [4.78, 5) is 16.3. The molecule has 3 heteroatoms. The van der Waals surface area contributed by atoms with Crippen molar-refractivity contribution in [1.29, 1.82) is 0 Å². The van der Waals surface area contributed by atoms with Gasteiger partial charge in [-0.25, -0.2) is 5.06 Å². The first-order valence-corrected chi connectivity index (χ1v) is 4.17. The second-order valence-corrected chi connectivity index (χ2v) is 2.79. The Morgan fingerprint density at radius 2 is 1.92 bits per heavy atom. The molecule has 0 aromatic heterocycles. The zero-order valence-corrected chi connectivity index (χ0v) is 8.92. The van der Waals surface area contributed by atoms with Crippen molar-refractivity contribution in [3.05, 3.63) is 23.3 Å². The summed E-state index contributed by atoms with van der Waals surface area (Å²) in [5.74, 6) is -0.113. The molecule has 0 aliphatic heterocycles. The molecule has 0 bridgehead atoms. The molecule has 74 valence electrons. The van der Waals surface area contributed by atoms with Crippen LogP contribution in [0.1, 0.15) is 20.8 Å². The fourth-order valence-electron chi connectivity index (χ4n) is 0.863. The zero-order chi connectivity index (χ0) is 10.4. The van der Waals surface area contributed by atoms with Crippen LogP contribution in [0.15, 0.2) is 23.3 Å². The van der Waals surface area contributed by atoms with Crippen LogP contribution in [-0.2, 0) is 9.63 Å². The van der Waals surface area contributed by atoms with Gasteiger partial charge < -0.3 is 0 Å². The molecule has 0 aliphatic rings. The molecular weight excluding hydrogens is 166 g/mol. The van der Waals surface area contributed by atoms with Crippen LogP contribution in [0.25, 0.3) is 0 Å². The third kappa shape index (κ3) is 3.42. The Hall–Kier alpha value is -1.09. The van der Waals surface area contributed by atoms with Crippen LogP contribution in [0, 0.1) is 0 Å². The van der Waals surface area contributed by atoms with Gasteiger partial charge in [-0.1, -0.05) is 12.2 Å². The van der Waals surface area contributed by atoms with Crippen molar-refractivity contribution < 1.29 is 9.63 Å². The Kier molecular flexibility index (Phi) is 5.07. The maximum Gasteiger partial charge on any atom is 0.273 e. The average Bonchev–Trinajstić information content (AvgIpc) is 2.14. The smallest absolute Gasteiger partial charge is 0.273 e. The average molecular weight is 183 g/mol. The van der Waals surface area contributed by atoms with E-state index in [0.717, 1.165) is 5.57 Å². The third-order valence-electron chi connectivity index (χ3n) is 1.89. The van der Waals surface area contributed by atoms with Crippen LogP contribution in [0.3, 0.4) is 0 Å². The topological polar surface area (TPSA) is 29.5 Å². The molecule has 0 aliphatic carbocycles. The number of nitrogens with zero attached hydrogens (tertiary/aromatic N) is 1. The molecular formula is C10H17NO2. The first-order chi connectivity index (χ1) is 6.04. The highest BCUT2D eigenvalue weighted by atomic mass is 16.7. The lowest BCUT2D eigenvalue weighted by Crippen LogP contribution is -2.26. The van der Waals surface area contributed by atoms with Gasteiger partial charge in [0.25, 0.3) is 5.91 Å². The number of carbonyl (C=O) groups is 1. The minimum atomic E-state index is -0.113. The lowest BCUT2D eigenvalue weighted by molar-refractivity contribution is -0.163. The van der Waals surface area contributed by atoms with E-state index in [2.05, 4.69) is 0 Å². The molecule has 0 rings (SSSR count). The van der Waals surface area contributed by atoms with Crippen LogP contribution < -0.4 is 0 Å². The van der Waals surface area contributed by atoms with Crippen molar-refractivity contribution in [2.24, 2.45) is 0 Å². The van der Waals surface area contributed by atoms with Gasteiger partial charge in [-0.3, -0.25) is 9.63 Å². The number of carbonyl (C=O) groups excluding carboxylic acids is 1. The largest absolute Gasteiger partial charge is 0.274 e. The van der Waals surface area contributed by atoms with Gasteiger partial charge in [-0.15, -0.1) is 0 Å². The summed E-state index contributed by atoms with van der Waals surface area (Å²) in [6.45, 7) is 5.60. The number of likely N-dealkylation sites (N-methyl/N-ethyl adjacent to an activating group) is 1. The number of amides is 1. The monoisotopic (exact) mass is 183 g/mol. The van der Waals surface area contributed by atoms with Gasteiger partial charge in [0, 0.05) is 12.6 Å². The van der Waals surface area contributed by atoms with Gasteiger partial charge in [0.2, 0.25) is 0 Å². The minimum Gasteiger partial charge on any atom is -0.274 e. The summed E-state index contributed by atoms with van der Waals surface area (Å²) in [5, 5.41) is 1.21. The van der Waals surface area contributed by atoms with Crippen LogP contribution in [0.2, 0.25) is 0 Å². The van der Waals surface area contributed by atoms with Crippen LogP contribution in [0.4, 0.5) is 0 Å². The molecule has 0 atom stereocenters. The maximum atomic E-state index is 11.5. The molecule has 1 amide bonds. The molecule has 0 unspecified atom stereocenters. The molecule has 3 nitrogen and oxygen atoms in total. The zero-order valence-electron chi connectivity index (χ0n) is 8.92. The molecule has 0 aromatic rings. The van der Waals surface area contributed by atoms with Crippen LogP contribution in [-0.4, -0.2) is 25.1 Å².